The van der Waals surface area contributed by atoms with Gasteiger partial charge in [-0.15, -0.1) is 0 Å². The largest absolute Gasteiger partial charge is 0.324 e. The summed E-state index contributed by atoms with van der Waals surface area (Å²) in [6.45, 7) is 2.58. The molecule has 2 heterocycles. The number of sulfonamides is 1. The Morgan fingerprint density at radius 3 is 2.59 bits per heavy atom. The van der Waals surface area contributed by atoms with Gasteiger partial charge in [0.1, 0.15) is 11.3 Å². The first-order chi connectivity index (χ1) is 10.5. The summed E-state index contributed by atoms with van der Waals surface area (Å²) in [6, 6.07) is 8.77. The second-order valence-corrected chi connectivity index (χ2v) is 6.85. The van der Waals surface area contributed by atoms with Crippen molar-refractivity contribution in [1.82, 2.24) is 19.3 Å². The van der Waals surface area contributed by atoms with Gasteiger partial charge in [0, 0.05) is 12.7 Å². The lowest BCUT2D eigenvalue weighted by atomic mass is 10.2. The summed E-state index contributed by atoms with van der Waals surface area (Å²) in [5, 5.41) is 0. The fraction of sp³-hybridized carbons (Fsp3) is 0.200. The third kappa shape index (κ3) is 2.60. The van der Waals surface area contributed by atoms with Crippen LogP contribution in [0.15, 0.2) is 47.6 Å². The van der Waals surface area contributed by atoms with E-state index in [0.29, 0.717) is 6.54 Å². The maximum Gasteiger partial charge on any atom is 0.240 e. The highest BCUT2D eigenvalue weighted by Gasteiger charge is 2.11. The fourth-order valence-electron chi connectivity index (χ4n) is 2.38. The number of aryl methyl sites for hydroxylation is 1. The zero-order chi connectivity index (χ0) is 15.7. The molecule has 0 saturated heterocycles. The van der Waals surface area contributed by atoms with Gasteiger partial charge in [0.15, 0.2) is 0 Å². The van der Waals surface area contributed by atoms with E-state index in [0.717, 1.165) is 22.4 Å². The smallest absolute Gasteiger partial charge is 0.240 e. The molecule has 0 atom stereocenters. The van der Waals surface area contributed by atoms with Crippen LogP contribution in [0.4, 0.5) is 0 Å². The van der Waals surface area contributed by atoms with Crippen LogP contribution in [0.3, 0.4) is 0 Å². The molecule has 6 nitrogen and oxygen atoms in total. The van der Waals surface area contributed by atoms with Crippen LogP contribution in [0.1, 0.15) is 11.4 Å². The quantitative estimate of drug-likeness (QED) is 0.795. The Bertz CT molecular complexity index is 914. The van der Waals surface area contributed by atoms with Crippen LogP contribution in [-0.2, 0) is 16.6 Å². The average Bonchev–Trinajstić information content (AvgIpc) is 2.84. The van der Waals surface area contributed by atoms with Gasteiger partial charge in [0.25, 0.3) is 0 Å². The second kappa shape index (κ2) is 5.51. The third-order valence-corrected chi connectivity index (χ3v) is 5.01. The Morgan fingerprint density at radius 2 is 1.91 bits per heavy atom. The van der Waals surface area contributed by atoms with Gasteiger partial charge in [-0.25, -0.2) is 18.1 Å². The van der Waals surface area contributed by atoms with Gasteiger partial charge in [0.05, 0.1) is 16.6 Å². The minimum atomic E-state index is -3.40. The normalized spacial score (nSPS) is 11.9. The van der Waals surface area contributed by atoms with Gasteiger partial charge in [0.2, 0.25) is 10.0 Å². The van der Waals surface area contributed by atoms with Crippen molar-refractivity contribution in [3.05, 3.63) is 54.1 Å². The maximum atomic E-state index is 11.7. The van der Waals surface area contributed by atoms with Gasteiger partial charge in [-0.05, 0) is 37.7 Å². The molecule has 22 heavy (non-hydrogen) atoms. The number of nitrogens with zero attached hydrogens (tertiary/aromatic N) is 3. The Kier molecular flexibility index (Phi) is 3.67. The lowest BCUT2D eigenvalue weighted by Gasteiger charge is -2.08. The molecule has 0 aliphatic carbocycles. The Balaban J connectivity index is 1.94. The van der Waals surface area contributed by atoms with E-state index < -0.39 is 10.0 Å². The molecule has 114 valence electrons. The number of pyridine rings is 1. The number of benzene rings is 1. The molecular weight excluding hydrogens is 300 g/mol. The van der Waals surface area contributed by atoms with Crippen LogP contribution in [0.25, 0.3) is 11.0 Å². The number of hydrogen-bond donors (Lipinski definition) is 1. The molecule has 0 aliphatic heterocycles. The van der Waals surface area contributed by atoms with Crippen molar-refractivity contribution in [2.45, 2.75) is 18.4 Å². The lowest BCUT2D eigenvalue weighted by Crippen LogP contribution is -2.18. The Labute approximate surface area is 128 Å². The lowest BCUT2D eigenvalue weighted by molar-refractivity contribution is 0.588. The van der Waals surface area contributed by atoms with Crippen molar-refractivity contribution in [3.63, 3.8) is 0 Å². The van der Waals surface area contributed by atoms with Crippen molar-refractivity contribution in [2.75, 3.05) is 7.05 Å². The zero-order valence-electron chi connectivity index (χ0n) is 12.3. The third-order valence-electron chi connectivity index (χ3n) is 3.58. The highest BCUT2D eigenvalue weighted by molar-refractivity contribution is 7.89. The van der Waals surface area contributed by atoms with Gasteiger partial charge < -0.3 is 4.57 Å². The summed E-state index contributed by atoms with van der Waals surface area (Å²) >= 11 is 0. The molecular formula is C15H16N4O2S. The van der Waals surface area contributed by atoms with Crippen LogP contribution in [0.2, 0.25) is 0 Å². The van der Waals surface area contributed by atoms with Crippen molar-refractivity contribution < 1.29 is 8.42 Å². The monoisotopic (exact) mass is 316 g/mol. The Morgan fingerprint density at radius 1 is 1.18 bits per heavy atom. The van der Waals surface area contributed by atoms with E-state index in [9.17, 15) is 8.42 Å². The summed E-state index contributed by atoms with van der Waals surface area (Å²) < 4.78 is 27.8. The van der Waals surface area contributed by atoms with E-state index in [2.05, 4.69) is 19.3 Å². The highest BCUT2D eigenvalue weighted by Crippen LogP contribution is 2.17. The van der Waals surface area contributed by atoms with Gasteiger partial charge >= 0.3 is 0 Å². The van der Waals surface area contributed by atoms with Crippen LogP contribution in [-0.4, -0.2) is 30.0 Å². The maximum absolute atomic E-state index is 11.7. The number of rotatable bonds is 4. The van der Waals surface area contributed by atoms with Crippen LogP contribution in [0, 0.1) is 6.92 Å². The van der Waals surface area contributed by atoms with E-state index in [1.165, 1.54) is 7.05 Å². The standard InChI is InChI=1S/C15H16N4O2S/c1-11-18-14-9-17-8-7-15(14)19(11)10-12-3-5-13(6-4-12)22(20,21)16-2/h3-9,16H,10H2,1-2H3. The molecule has 7 heteroatoms. The van der Waals surface area contributed by atoms with Gasteiger partial charge in [-0.1, -0.05) is 12.1 Å². The summed E-state index contributed by atoms with van der Waals surface area (Å²) in [4.78, 5) is 8.81. The Hall–Kier alpha value is -2.25. The number of nitrogens with one attached hydrogen (secondary N) is 1. The van der Waals surface area contributed by atoms with Crippen LogP contribution < -0.4 is 4.72 Å². The van der Waals surface area contributed by atoms with Gasteiger partial charge in [-0.2, -0.15) is 0 Å². The van der Waals surface area contributed by atoms with Crippen LogP contribution in [0.5, 0.6) is 0 Å². The van der Waals surface area contributed by atoms with E-state index >= 15 is 0 Å². The van der Waals surface area contributed by atoms with Gasteiger partial charge in [-0.3, -0.25) is 4.98 Å². The second-order valence-electron chi connectivity index (χ2n) is 4.96. The summed E-state index contributed by atoms with van der Waals surface area (Å²) in [6.07, 6.45) is 3.48. The molecule has 0 unspecified atom stereocenters. The van der Waals surface area contributed by atoms with E-state index in [1.54, 1.807) is 24.5 Å². The van der Waals surface area contributed by atoms with Crippen LogP contribution >= 0.6 is 0 Å². The summed E-state index contributed by atoms with van der Waals surface area (Å²) in [7, 11) is -2.00. The summed E-state index contributed by atoms with van der Waals surface area (Å²) in [5.74, 6) is 0.898. The zero-order valence-corrected chi connectivity index (χ0v) is 13.1. The van der Waals surface area contributed by atoms with E-state index in [1.807, 2.05) is 25.1 Å². The van der Waals surface area contributed by atoms with E-state index in [4.69, 9.17) is 0 Å². The minimum Gasteiger partial charge on any atom is -0.324 e. The predicted octanol–water partition coefficient (Wildman–Crippen LogP) is 1.70. The molecule has 0 fully saturated rings. The molecule has 0 amide bonds. The van der Waals surface area contributed by atoms with Crippen molar-refractivity contribution in [2.24, 2.45) is 0 Å². The molecule has 0 aliphatic rings. The molecule has 2 aromatic heterocycles. The number of aromatic nitrogens is 3. The minimum absolute atomic E-state index is 0.259. The van der Waals surface area contributed by atoms with Crippen molar-refractivity contribution in [3.8, 4) is 0 Å². The number of fused-ring (bicyclic) bond motifs is 1. The molecule has 0 spiro atoms. The first kappa shape index (κ1) is 14.7. The van der Waals surface area contributed by atoms with Crippen molar-refractivity contribution >= 4 is 21.1 Å². The van der Waals surface area contributed by atoms with Crippen molar-refractivity contribution in [1.29, 1.82) is 0 Å². The molecule has 1 N–H and O–H groups in total. The molecule has 0 radical (unpaired) electrons. The SMILES string of the molecule is CNS(=O)(=O)c1ccc(Cn2c(C)nc3cnccc32)cc1. The topological polar surface area (TPSA) is 76.9 Å². The first-order valence-corrected chi connectivity index (χ1v) is 8.29. The molecule has 3 aromatic rings. The number of imidazole rings is 1. The average molecular weight is 316 g/mol. The fourth-order valence-corrected chi connectivity index (χ4v) is 3.11. The first-order valence-electron chi connectivity index (χ1n) is 6.80. The predicted molar refractivity (Wildman–Crippen MR) is 84.1 cm³/mol. The highest BCUT2D eigenvalue weighted by atomic mass is 32.2. The van der Waals surface area contributed by atoms with E-state index in [-0.39, 0.29) is 4.90 Å². The molecule has 0 saturated carbocycles. The summed E-state index contributed by atoms with van der Waals surface area (Å²) in [5.41, 5.74) is 2.88. The molecule has 1 aromatic carbocycles. The number of hydrogen-bond acceptors (Lipinski definition) is 4. The molecule has 0 bridgehead atoms. The molecule has 3 rings (SSSR count).